The van der Waals surface area contributed by atoms with Gasteiger partial charge in [0, 0.05) is 10.4 Å². The van der Waals surface area contributed by atoms with Crippen molar-refractivity contribution in [3.8, 4) is 11.4 Å². The molecule has 2 atom stereocenters. The minimum Gasteiger partial charge on any atom is -0.462 e. The first kappa shape index (κ1) is 29.5. The van der Waals surface area contributed by atoms with Gasteiger partial charge in [-0.2, -0.15) is 0 Å². The summed E-state index contributed by atoms with van der Waals surface area (Å²) in [5, 5.41) is 3.31. The number of nitrogens with zero attached hydrogens (tertiary/aromatic N) is 1. The van der Waals surface area contributed by atoms with Gasteiger partial charge in [-0.05, 0) is 75.1 Å². The quantitative estimate of drug-likeness (QED) is 0.223. The molecule has 2 heterocycles. The molecule has 0 radical (unpaired) electrons. The number of rotatable bonds is 7. The standard InChI is InChI=1S/C33H37N3O5S/c1-7-40-32(39)27-23-14-13-22(33(4,5)6)17-26(23)42-30(27)36-29(37)19(3)41-31(38)21-12-15-24-25(16-21)35-28(34-24)20-10-8-18(2)9-11-20/h8-12,15-16,19,22H,7,13-14,17H2,1-6H3,(H,34,35)(H,36,37). The van der Waals surface area contributed by atoms with Crippen LogP contribution in [0.4, 0.5) is 5.00 Å². The summed E-state index contributed by atoms with van der Waals surface area (Å²) in [7, 11) is 0. The monoisotopic (exact) mass is 587 g/mol. The van der Waals surface area contributed by atoms with Crippen molar-refractivity contribution in [1.29, 1.82) is 0 Å². The third-order valence-electron chi connectivity index (χ3n) is 7.90. The molecule has 5 rings (SSSR count). The summed E-state index contributed by atoms with van der Waals surface area (Å²) in [4.78, 5) is 48.1. The number of esters is 2. The Hall–Kier alpha value is -3.98. The highest BCUT2D eigenvalue weighted by Gasteiger charge is 2.35. The Morgan fingerprint density at radius 2 is 1.86 bits per heavy atom. The van der Waals surface area contributed by atoms with E-state index in [0.717, 1.165) is 46.3 Å². The first-order valence-corrected chi connectivity index (χ1v) is 15.2. The van der Waals surface area contributed by atoms with Gasteiger partial charge in [0.05, 0.1) is 28.8 Å². The molecule has 0 saturated heterocycles. The molecular weight excluding hydrogens is 550 g/mol. The Bertz CT molecular complexity index is 1640. The molecule has 42 heavy (non-hydrogen) atoms. The predicted molar refractivity (Wildman–Crippen MR) is 165 cm³/mol. The van der Waals surface area contributed by atoms with Crippen LogP contribution in [0.2, 0.25) is 0 Å². The number of aromatic amines is 1. The van der Waals surface area contributed by atoms with E-state index in [1.807, 2.05) is 31.2 Å². The van der Waals surface area contributed by atoms with Gasteiger partial charge in [0.25, 0.3) is 5.91 Å². The zero-order valence-corrected chi connectivity index (χ0v) is 25.7. The van der Waals surface area contributed by atoms with Crippen molar-refractivity contribution in [2.75, 3.05) is 11.9 Å². The molecule has 1 aliphatic carbocycles. The zero-order chi connectivity index (χ0) is 30.2. The summed E-state index contributed by atoms with van der Waals surface area (Å²) in [6.45, 7) is 12.2. The van der Waals surface area contributed by atoms with Crippen LogP contribution in [-0.4, -0.2) is 40.5 Å². The van der Waals surface area contributed by atoms with Gasteiger partial charge in [0.15, 0.2) is 6.10 Å². The number of imidazole rings is 1. The van der Waals surface area contributed by atoms with Gasteiger partial charge in [0.2, 0.25) is 0 Å². The number of H-pyrrole nitrogens is 1. The van der Waals surface area contributed by atoms with E-state index in [4.69, 9.17) is 9.47 Å². The molecule has 2 aromatic carbocycles. The maximum Gasteiger partial charge on any atom is 0.341 e. The van der Waals surface area contributed by atoms with Crippen molar-refractivity contribution < 1.29 is 23.9 Å². The van der Waals surface area contributed by atoms with E-state index in [1.54, 1.807) is 25.1 Å². The van der Waals surface area contributed by atoms with Crippen LogP contribution in [0.3, 0.4) is 0 Å². The lowest BCUT2D eigenvalue weighted by molar-refractivity contribution is -0.123. The number of fused-ring (bicyclic) bond motifs is 2. The van der Waals surface area contributed by atoms with Gasteiger partial charge in [0.1, 0.15) is 10.8 Å². The summed E-state index contributed by atoms with van der Waals surface area (Å²) >= 11 is 1.42. The van der Waals surface area contributed by atoms with Crippen LogP contribution in [0, 0.1) is 18.3 Å². The maximum absolute atomic E-state index is 13.2. The lowest BCUT2D eigenvalue weighted by Gasteiger charge is -2.33. The fraction of sp³-hybridized carbons (Fsp3) is 0.394. The molecular formula is C33H37N3O5S. The lowest BCUT2D eigenvalue weighted by atomic mass is 9.72. The molecule has 9 heteroatoms. The summed E-state index contributed by atoms with van der Waals surface area (Å²) in [5.74, 6) is -0.406. The van der Waals surface area contributed by atoms with Crippen LogP contribution in [0.15, 0.2) is 42.5 Å². The van der Waals surface area contributed by atoms with Gasteiger partial charge in [-0.3, -0.25) is 4.79 Å². The van der Waals surface area contributed by atoms with E-state index < -0.39 is 23.9 Å². The molecule has 2 unspecified atom stereocenters. The van der Waals surface area contributed by atoms with Crippen LogP contribution in [-0.2, 0) is 27.1 Å². The van der Waals surface area contributed by atoms with E-state index in [1.165, 1.54) is 18.3 Å². The number of aromatic nitrogens is 2. The lowest BCUT2D eigenvalue weighted by Crippen LogP contribution is -2.30. The van der Waals surface area contributed by atoms with Crippen LogP contribution in [0.1, 0.15) is 77.8 Å². The highest BCUT2D eigenvalue weighted by Crippen LogP contribution is 2.44. The second-order valence-corrected chi connectivity index (χ2v) is 13.1. The molecule has 0 saturated carbocycles. The van der Waals surface area contributed by atoms with Gasteiger partial charge in [-0.1, -0.05) is 50.6 Å². The minimum absolute atomic E-state index is 0.138. The molecule has 220 valence electrons. The topological polar surface area (TPSA) is 110 Å². The summed E-state index contributed by atoms with van der Waals surface area (Å²) in [5.41, 5.74) is 5.32. The number of carbonyl (C=O) groups excluding carboxylic acids is 3. The van der Waals surface area contributed by atoms with Gasteiger partial charge in [-0.25, -0.2) is 14.6 Å². The molecule has 1 amide bonds. The van der Waals surface area contributed by atoms with Crippen LogP contribution < -0.4 is 5.32 Å². The van der Waals surface area contributed by atoms with Crippen molar-refractivity contribution in [2.24, 2.45) is 11.3 Å². The predicted octanol–water partition coefficient (Wildman–Crippen LogP) is 7.11. The number of carbonyl (C=O) groups is 3. The maximum atomic E-state index is 13.2. The van der Waals surface area contributed by atoms with E-state index in [-0.39, 0.29) is 12.0 Å². The number of amides is 1. The Morgan fingerprint density at radius 3 is 2.55 bits per heavy atom. The van der Waals surface area contributed by atoms with Crippen molar-refractivity contribution >= 4 is 45.2 Å². The molecule has 0 bridgehead atoms. The number of thiophene rings is 1. The number of benzene rings is 2. The largest absolute Gasteiger partial charge is 0.462 e. The first-order chi connectivity index (χ1) is 19.9. The Kier molecular flexibility index (Phi) is 8.23. The number of hydrogen-bond acceptors (Lipinski definition) is 7. The van der Waals surface area contributed by atoms with Gasteiger partial charge < -0.3 is 19.8 Å². The number of ether oxygens (including phenoxy) is 2. The van der Waals surface area contributed by atoms with Crippen molar-refractivity contribution in [3.05, 3.63) is 69.6 Å². The van der Waals surface area contributed by atoms with E-state index in [9.17, 15) is 14.4 Å². The molecule has 0 fully saturated rings. The fourth-order valence-electron chi connectivity index (χ4n) is 5.31. The number of hydrogen-bond donors (Lipinski definition) is 2. The Labute approximate surface area is 249 Å². The highest BCUT2D eigenvalue weighted by atomic mass is 32.1. The first-order valence-electron chi connectivity index (χ1n) is 14.3. The van der Waals surface area contributed by atoms with Crippen molar-refractivity contribution in [3.63, 3.8) is 0 Å². The highest BCUT2D eigenvalue weighted by molar-refractivity contribution is 7.17. The Morgan fingerprint density at radius 1 is 1.12 bits per heavy atom. The second-order valence-electron chi connectivity index (χ2n) is 12.0. The van der Waals surface area contributed by atoms with Crippen molar-refractivity contribution in [2.45, 2.75) is 66.9 Å². The van der Waals surface area contributed by atoms with Crippen molar-refractivity contribution in [1.82, 2.24) is 9.97 Å². The zero-order valence-electron chi connectivity index (χ0n) is 24.9. The minimum atomic E-state index is -1.09. The number of anilines is 1. The van der Waals surface area contributed by atoms with Crippen LogP contribution in [0.5, 0.6) is 0 Å². The molecule has 0 aliphatic heterocycles. The van der Waals surface area contributed by atoms with Gasteiger partial charge >= 0.3 is 11.9 Å². The molecule has 0 spiro atoms. The van der Waals surface area contributed by atoms with Crippen LogP contribution in [0.25, 0.3) is 22.4 Å². The molecule has 2 N–H and O–H groups in total. The molecule has 8 nitrogen and oxygen atoms in total. The van der Waals surface area contributed by atoms with E-state index >= 15 is 0 Å². The fourth-order valence-corrected chi connectivity index (χ4v) is 6.63. The van der Waals surface area contributed by atoms with Crippen LogP contribution >= 0.6 is 11.3 Å². The average molecular weight is 588 g/mol. The van der Waals surface area contributed by atoms with E-state index in [2.05, 4.69) is 36.1 Å². The normalized spacial score (nSPS) is 15.6. The van der Waals surface area contributed by atoms with Gasteiger partial charge in [-0.15, -0.1) is 11.3 Å². The third kappa shape index (κ3) is 6.11. The summed E-state index contributed by atoms with van der Waals surface area (Å²) in [6.07, 6.45) is 1.48. The molecule has 2 aromatic heterocycles. The molecule has 1 aliphatic rings. The SMILES string of the molecule is CCOC(=O)c1c(NC(=O)C(C)OC(=O)c2ccc3nc(-c4ccc(C)cc4)[nH]c3c2)sc2c1CCC(C(C)(C)C)C2. The third-order valence-corrected chi connectivity index (χ3v) is 9.07. The smallest absolute Gasteiger partial charge is 0.341 e. The second kappa shape index (κ2) is 11.7. The Balaban J connectivity index is 1.31. The number of aryl methyl sites for hydroxylation is 1. The van der Waals surface area contributed by atoms with E-state index in [0.29, 0.717) is 33.4 Å². The number of nitrogens with one attached hydrogen (secondary N) is 2. The summed E-state index contributed by atoms with van der Waals surface area (Å²) in [6, 6.07) is 13.1. The average Bonchev–Trinajstić information content (AvgIpc) is 3.53. The molecule has 4 aromatic rings. The summed E-state index contributed by atoms with van der Waals surface area (Å²) < 4.78 is 10.9.